The van der Waals surface area contributed by atoms with E-state index in [1.807, 2.05) is 13.8 Å². The van der Waals surface area contributed by atoms with Crippen LogP contribution in [0, 0.1) is 12.8 Å². The molecule has 0 radical (unpaired) electrons. The van der Waals surface area contributed by atoms with Crippen molar-refractivity contribution in [2.75, 3.05) is 0 Å². The number of halogens is 3. The van der Waals surface area contributed by atoms with Gasteiger partial charge in [-0.05, 0) is 74.3 Å². The molecular weight excluding hydrogens is 481 g/mol. The van der Waals surface area contributed by atoms with Crippen LogP contribution in [-0.2, 0) is 12.7 Å². The minimum absolute atomic E-state index is 0.581. The van der Waals surface area contributed by atoms with Gasteiger partial charge in [-0.1, -0.05) is 83.4 Å². The maximum Gasteiger partial charge on any atom is 0.417 e. The number of aryl methyl sites for hydroxylation is 1. The number of fused-ring (bicyclic) bond motifs is 1. The quantitative estimate of drug-likeness (QED) is 0.299. The van der Waals surface area contributed by atoms with Crippen molar-refractivity contribution in [1.29, 1.82) is 0 Å². The highest BCUT2D eigenvalue weighted by atomic mass is 19.4. The number of benzene rings is 1. The molecule has 0 N–H and O–H groups in total. The second-order valence-electron chi connectivity index (χ2n) is 10.0. The molecule has 5 heteroatoms. The van der Waals surface area contributed by atoms with Gasteiger partial charge in [0.15, 0.2) is 0 Å². The molecule has 3 aromatic rings. The van der Waals surface area contributed by atoms with Crippen LogP contribution in [0.3, 0.4) is 0 Å². The van der Waals surface area contributed by atoms with E-state index in [4.69, 9.17) is 0 Å². The summed E-state index contributed by atoms with van der Waals surface area (Å²) >= 11 is 0. The number of pyridine rings is 1. The highest BCUT2D eigenvalue weighted by molar-refractivity contribution is 5.84. The Morgan fingerprint density at radius 1 is 0.974 bits per heavy atom. The fraction of sp³-hybridized carbons (Fsp3) is 0.485. The highest BCUT2D eigenvalue weighted by Gasteiger charge is 2.30. The lowest BCUT2D eigenvalue weighted by atomic mass is 9.89. The smallest absolute Gasteiger partial charge is 0.343 e. The van der Waals surface area contributed by atoms with Gasteiger partial charge in [-0.3, -0.25) is 4.98 Å². The van der Waals surface area contributed by atoms with E-state index in [-0.39, 0.29) is 0 Å². The maximum atomic E-state index is 11.9. The first-order valence-corrected chi connectivity index (χ1v) is 14.1. The largest absolute Gasteiger partial charge is 0.417 e. The van der Waals surface area contributed by atoms with E-state index in [2.05, 4.69) is 79.9 Å². The minimum atomic E-state index is -4.28. The van der Waals surface area contributed by atoms with E-state index >= 15 is 0 Å². The molecule has 0 spiro atoms. The molecule has 1 aliphatic carbocycles. The van der Waals surface area contributed by atoms with E-state index in [9.17, 15) is 13.2 Å². The zero-order valence-corrected chi connectivity index (χ0v) is 24.2. The average molecular weight is 527 g/mol. The van der Waals surface area contributed by atoms with E-state index in [0.717, 1.165) is 18.8 Å². The molecule has 0 saturated heterocycles. The topological polar surface area (TPSA) is 17.8 Å². The molecule has 208 valence electrons. The SMILES string of the molecule is CC.CCCC(CCC)c1cn(CC2=CC=C(C)C(C)C2)c2ccccc12.Cc1ccc(C(F)(F)F)cn1. The number of allylic oxidation sites excluding steroid dienone is 4. The van der Waals surface area contributed by atoms with Crippen LogP contribution in [0.15, 0.2) is 72.1 Å². The second kappa shape index (κ2) is 14.9. The summed E-state index contributed by atoms with van der Waals surface area (Å²) in [6, 6.07) is 11.3. The molecule has 2 heterocycles. The number of nitrogens with zero attached hydrogens (tertiary/aromatic N) is 2. The second-order valence-corrected chi connectivity index (χ2v) is 10.0. The standard InChI is InChI=1S/C24H33N.C7H6F3N.C2H6/c1-5-9-21(10-6-2)23-17-25(24-12-8-7-11-22(23)24)16-20-14-13-18(3)19(4)15-20;1-5-2-3-6(4-11-5)7(8,9)10;1-2/h7-8,11-14,17,19,21H,5-6,9-10,15-16H2,1-4H3;2-4H,1H3;1-2H3. The van der Waals surface area contributed by atoms with Crippen LogP contribution < -0.4 is 0 Å². The number of para-hydroxylation sites is 1. The van der Waals surface area contributed by atoms with E-state index in [0.29, 0.717) is 17.5 Å². The molecular formula is C33H45F3N2. The number of aromatic nitrogens is 2. The molecule has 0 saturated carbocycles. The summed E-state index contributed by atoms with van der Waals surface area (Å²) in [7, 11) is 0. The van der Waals surface area contributed by atoms with Crippen LogP contribution in [0.4, 0.5) is 13.2 Å². The predicted octanol–water partition coefficient (Wildman–Crippen LogP) is 10.7. The molecule has 38 heavy (non-hydrogen) atoms. The summed E-state index contributed by atoms with van der Waals surface area (Å²) in [6.07, 6.45) is 9.97. The van der Waals surface area contributed by atoms with Gasteiger partial charge in [-0.15, -0.1) is 0 Å². The summed E-state index contributed by atoms with van der Waals surface area (Å²) in [5.41, 5.74) is 5.90. The Hall–Kier alpha value is -2.82. The molecule has 0 aliphatic heterocycles. The van der Waals surface area contributed by atoms with Crippen LogP contribution in [-0.4, -0.2) is 9.55 Å². The first-order valence-electron chi connectivity index (χ1n) is 14.1. The van der Waals surface area contributed by atoms with Crippen molar-refractivity contribution in [2.45, 2.75) is 99.2 Å². The summed E-state index contributed by atoms with van der Waals surface area (Å²) in [6.45, 7) is 15.9. The summed E-state index contributed by atoms with van der Waals surface area (Å²) < 4.78 is 38.1. The molecule has 0 bridgehead atoms. The van der Waals surface area contributed by atoms with Gasteiger partial charge < -0.3 is 4.57 Å². The van der Waals surface area contributed by atoms with Crippen LogP contribution >= 0.6 is 0 Å². The fourth-order valence-corrected chi connectivity index (χ4v) is 4.89. The predicted molar refractivity (Wildman–Crippen MR) is 155 cm³/mol. The zero-order chi connectivity index (χ0) is 28.3. The lowest BCUT2D eigenvalue weighted by Crippen LogP contribution is -2.08. The first-order chi connectivity index (χ1) is 18.1. The summed E-state index contributed by atoms with van der Waals surface area (Å²) in [4.78, 5) is 3.53. The normalized spacial score (nSPS) is 15.3. The number of hydrogen-bond donors (Lipinski definition) is 0. The van der Waals surface area contributed by atoms with Crippen molar-refractivity contribution in [2.24, 2.45) is 5.92 Å². The van der Waals surface area contributed by atoms with Gasteiger partial charge in [0.05, 0.1) is 5.56 Å². The van der Waals surface area contributed by atoms with Crippen molar-refractivity contribution in [1.82, 2.24) is 9.55 Å². The third-order valence-electron chi connectivity index (χ3n) is 7.07. The molecule has 1 atom stereocenters. The molecule has 1 unspecified atom stereocenters. The van der Waals surface area contributed by atoms with Gasteiger partial charge in [0, 0.05) is 35.5 Å². The van der Waals surface area contributed by atoms with Crippen molar-refractivity contribution in [3.8, 4) is 0 Å². The Morgan fingerprint density at radius 2 is 1.63 bits per heavy atom. The molecule has 0 fully saturated rings. The van der Waals surface area contributed by atoms with Crippen molar-refractivity contribution in [3.05, 3.63) is 88.9 Å². The Bertz CT molecular complexity index is 1180. The monoisotopic (exact) mass is 526 g/mol. The van der Waals surface area contributed by atoms with Crippen LogP contribution in [0.2, 0.25) is 0 Å². The number of rotatable bonds is 7. The number of hydrogen-bond acceptors (Lipinski definition) is 1. The maximum absolute atomic E-state index is 11.9. The molecule has 2 nitrogen and oxygen atoms in total. The Kier molecular flexibility index (Phi) is 12.3. The summed E-state index contributed by atoms with van der Waals surface area (Å²) in [5.74, 6) is 1.37. The third-order valence-corrected chi connectivity index (χ3v) is 7.07. The van der Waals surface area contributed by atoms with Crippen LogP contribution in [0.25, 0.3) is 10.9 Å². The first kappa shape index (κ1) is 31.4. The van der Waals surface area contributed by atoms with Gasteiger partial charge in [-0.2, -0.15) is 13.2 Å². The minimum Gasteiger partial charge on any atom is -0.343 e. The lowest BCUT2D eigenvalue weighted by Gasteiger charge is -2.20. The van der Waals surface area contributed by atoms with E-state index in [1.54, 1.807) is 18.1 Å². The third kappa shape index (κ3) is 8.61. The zero-order valence-electron chi connectivity index (χ0n) is 24.2. The average Bonchev–Trinajstić information content (AvgIpc) is 3.26. The van der Waals surface area contributed by atoms with Crippen molar-refractivity contribution < 1.29 is 13.2 Å². The van der Waals surface area contributed by atoms with Gasteiger partial charge in [0.2, 0.25) is 0 Å². The fourth-order valence-electron chi connectivity index (χ4n) is 4.89. The molecule has 0 amide bonds. The Labute approximate surface area is 227 Å². The van der Waals surface area contributed by atoms with Crippen LogP contribution in [0.1, 0.15) is 96.4 Å². The molecule has 1 aromatic carbocycles. The highest BCUT2D eigenvalue weighted by Crippen LogP contribution is 2.35. The molecule has 2 aromatic heterocycles. The van der Waals surface area contributed by atoms with Gasteiger partial charge in [0.1, 0.15) is 0 Å². The van der Waals surface area contributed by atoms with E-state index < -0.39 is 11.7 Å². The van der Waals surface area contributed by atoms with Crippen molar-refractivity contribution >= 4 is 10.9 Å². The number of alkyl halides is 3. The molecule has 4 rings (SSSR count). The summed E-state index contributed by atoms with van der Waals surface area (Å²) in [5, 5.41) is 1.46. The van der Waals surface area contributed by atoms with Crippen LogP contribution in [0.5, 0.6) is 0 Å². The Balaban J connectivity index is 0.000000327. The Morgan fingerprint density at radius 3 is 2.18 bits per heavy atom. The van der Waals surface area contributed by atoms with Gasteiger partial charge >= 0.3 is 6.18 Å². The van der Waals surface area contributed by atoms with Crippen molar-refractivity contribution in [3.63, 3.8) is 0 Å². The van der Waals surface area contributed by atoms with Gasteiger partial charge in [0.25, 0.3) is 0 Å². The lowest BCUT2D eigenvalue weighted by molar-refractivity contribution is -0.137. The molecule has 1 aliphatic rings. The van der Waals surface area contributed by atoms with E-state index in [1.165, 1.54) is 54.6 Å². The van der Waals surface area contributed by atoms with Gasteiger partial charge in [-0.25, -0.2) is 0 Å².